The molecule has 0 aromatic rings. The van der Waals surface area contributed by atoms with Gasteiger partial charge in [0.25, 0.3) is 0 Å². The Kier molecular flexibility index (Phi) is 5.12. The molecule has 3 N–H and O–H groups in total. The van der Waals surface area contributed by atoms with Crippen molar-refractivity contribution in [3.63, 3.8) is 0 Å². The largest absolute Gasteiger partial charge is 0.369 e. The molecule has 2 aliphatic rings. The third kappa shape index (κ3) is 3.27. The van der Waals surface area contributed by atoms with E-state index in [0.29, 0.717) is 5.92 Å². The summed E-state index contributed by atoms with van der Waals surface area (Å²) in [7, 11) is 0. The molecule has 126 valence electrons. The molecule has 6 heteroatoms. The highest BCUT2D eigenvalue weighted by atomic mass is 16.5. The molecule has 0 aromatic heterocycles. The van der Waals surface area contributed by atoms with Gasteiger partial charge in [0.1, 0.15) is 13.2 Å². The fourth-order valence-corrected chi connectivity index (χ4v) is 4.11. The topological polar surface area (TPSA) is 90.7 Å². The molecule has 0 aromatic carbocycles. The number of hydrogen-bond acceptors (Lipinski definition) is 4. The molecule has 0 saturated heterocycles. The average Bonchev–Trinajstić information content (AvgIpc) is 2.75. The highest BCUT2D eigenvalue weighted by Crippen LogP contribution is 2.65. The average molecular weight is 312 g/mol. The van der Waals surface area contributed by atoms with E-state index in [-0.39, 0.29) is 49.2 Å². The maximum atomic E-state index is 12.0. The van der Waals surface area contributed by atoms with Crippen LogP contribution in [-0.2, 0) is 19.1 Å². The summed E-state index contributed by atoms with van der Waals surface area (Å²) in [5.41, 5.74) is 5.41. The predicted molar refractivity (Wildman–Crippen MR) is 82.0 cm³/mol. The van der Waals surface area contributed by atoms with E-state index in [4.69, 9.17) is 15.2 Å². The van der Waals surface area contributed by atoms with E-state index in [2.05, 4.69) is 26.1 Å². The molecular weight excluding hydrogens is 284 g/mol. The Morgan fingerprint density at radius 3 is 2.32 bits per heavy atom. The first kappa shape index (κ1) is 17.2. The zero-order chi connectivity index (χ0) is 16.4. The highest BCUT2D eigenvalue weighted by molar-refractivity contribution is 5.77. The van der Waals surface area contributed by atoms with Gasteiger partial charge in [0.15, 0.2) is 0 Å². The molecule has 0 heterocycles. The maximum Gasteiger partial charge on any atom is 0.246 e. The molecular formula is C16H28N2O4. The number of carbonyl (C=O) groups excluding carboxylic acids is 2. The zero-order valence-corrected chi connectivity index (χ0v) is 13.8. The second-order valence-corrected chi connectivity index (χ2v) is 7.30. The van der Waals surface area contributed by atoms with Gasteiger partial charge in [-0.15, -0.1) is 0 Å². The summed E-state index contributed by atoms with van der Waals surface area (Å²) in [6, 6.07) is 0.239. The van der Waals surface area contributed by atoms with Crippen LogP contribution in [0.3, 0.4) is 0 Å². The van der Waals surface area contributed by atoms with E-state index in [9.17, 15) is 9.59 Å². The second-order valence-electron chi connectivity index (χ2n) is 7.30. The lowest BCUT2D eigenvalue weighted by Gasteiger charge is -2.39. The van der Waals surface area contributed by atoms with Gasteiger partial charge in [-0.25, -0.2) is 0 Å². The van der Waals surface area contributed by atoms with E-state index >= 15 is 0 Å². The van der Waals surface area contributed by atoms with Crippen LogP contribution in [0.1, 0.15) is 40.0 Å². The normalized spacial score (nSPS) is 32.1. The van der Waals surface area contributed by atoms with Crippen LogP contribution in [0.15, 0.2) is 0 Å². The molecule has 0 aliphatic heterocycles. The first-order valence-corrected chi connectivity index (χ1v) is 8.00. The minimum Gasteiger partial charge on any atom is -0.369 e. The molecule has 22 heavy (non-hydrogen) atoms. The van der Waals surface area contributed by atoms with Crippen molar-refractivity contribution in [3.8, 4) is 0 Å². The van der Waals surface area contributed by atoms with Gasteiger partial charge < -0.3 is 20.5 Å². The summed E-state index contributed by atoms with van der Waals surface area (Å²) in [6.07, 6.45) is 3.51. The van der Waals surface area contributed by atoms with Gasteiger partial charge in [-0.3, -0.25) is 9.59 Å². The van der Waals surface area contributed by atoms with Crippen LogP contribution < -0.4 is 11.1 Å². The lowest BCUT2D eigenvalue weighted by molar-refractivity contribution is -0.129. The number of carbonyl (C=O) groups is 2. The van der Waals surface area contributed by atoms with Crippen molar-refractivity contribution in [1.82, 2.24) is 5.32 Å². The van der Waals surface area contributed by atoms with E-state index in [1.54, 1.807) is 0 Å². The van der Waals surface area contributed by atoms with Gasteiger partial charge in [0.2, 0.25) is 11.8 Å². The fraction of sp³-hybridized carbons (Fsp3) is 0.875. The SMILES string of the molecule is CC1(C)[C@H]2CC[C@@]1(C)[C@H](NC(=O)COCCOCC(N)=O)C2. The summed E-state index contributed by atoms with van der Waals surface area (Å²) in [6.45, 7) is 7.38. The first-order valence-electron chi connectivity index (χ1n) is 8.00. The first-order chi connectivity index (χ1) is 10.3. The molecule has 3 atom stereocenters. The number of rotatable bonds is 8. The third-order valence-corrected chi connectivity index (χ3v) is 5.98. The lowest BCUT2D eigenvalue weighted by Crippen LogP contribution is -2.47. The van der Waals surface area contributed by atoms with Crippen molar-refractivity contribution in [2.75, 3.05) is 26.4 Å². The van der Waals surface area contributed by atoms with Crippen molar-refractivity contribution in [1.29, 1.82) is 0 Å². The molecule has 0 unspecified atom stereocenters. The smallest absolute Gasteiger partial charge is 0.246 e. The number of nitrogens with two attached hydrogens (primary N) is 1. The van der Waals surface area contributed by atoms with E-state index in [1.807, 2.05) is 0 Å². The number of ether oxygens (including phenoxy) is 2. The fourth-order valence-electron chi connectivity index (χ4n) is 4.11. The molecule has 2 rings (SSSR count). The van der Waals surface area contributed by atoms with Crippen molar-refractivity contribution >= 4 is 11.8 Å². The summed E-state index contributed by atoms with van der Waals surface area (Å²) in [4.78, 5) is 22.5. The quantitative estimate of drug-likeness (QED) is 0.650. The number of nitrogens with one attached hydrogen (secondary N) is 1. The minimum atomic E-state index is -0.509. The molecule has 0 spiro atoms. The van der Waals surface area contributed by atoms with E-state index in [1.165, 1.54) is 12.8 Å². The molecule has 0 radical (unpaired) electrons. The summed E-state index contributed by atoms with van der Waals surface area (Å²) >= 11 is 0. The molecule has 6 nitrogen and oxygen atoms in total. The van der Waals surface area contributed by atoms with Crippen molar-refractivity contribution in [3.05, 3.63) is 0 Å². The molecule has 2 saturated carbocycles. The van der Waals surface area contributed by atoms with Crippen molar-refractivity contribution < 1.29 is 19.1 Å². The number of hydrogen-bond donors (Lipinski definition) is 2. The van der Waals surface area contributed by atoms with E-state index < -0.39 is 5.91 Å². The zero-order valence-electron chi connectivity index (χ0n) is 13.8. The van der Waals surface area contributed by atoms with Gasteiger partial charge in [0, 0.05) is 6.04 Å². The van der Waals surface area contributed by atoms with Crippen molar-refractivity contribution in [2.24, 2.45) is 22.5 Å². The summed E-state index contributed by atoms with van der Waals surface area (Å²) in [5, 5.41) is 3.14. The van der Waals surface area contributed by atoms with Gasteiger partial charge in [-0.1, -0.05) is 20.8 Å². The monoisotopic (exact) mass is 312 g/mol. The number of fused-ring (bicyclic) bond motifs is 2. The van der Waals surface area contributed by atoms with Gasteiger partial charge in [-0.05, 0) is 36.0 Å². The van der Waals surface area contributed by atoms with Crippen LogP contribution in [-0.4, -0.2) is 44.3 Å². The molecule has 2 bridgehead atoms. The second kappa shape index (κ2) is 6.54. The van der Waals surface area contributed by atoms with Gasteiger partial charge >= 0.3 is 0 Å². The van der Waals surface area contributed by atoms with Crippen LogP contribution in [0.4, 0.5) is 0 Å². The lowest BCUT2D eigenvalue weighted by atomic mass is 9.69. The Hall–Kier alpha value is -1.14. The standard InChI is InChI=1S/C16H28N2O4/c1-15(2)11-4-5-16(15,3)12(8-11)18-14(20)10-22-7-6-21-9-13(17)19/h11-12H,4-10H2,1-3H3,(H2,17,19)(H,18,20)/t11-,12+,16-/m0/s1. The molecule has 2 amide bonds. The number of amides is 2. The van der Waals surface area contributed by atoms with Crippen molar-refractivity contribution in [2.45, 2.75) is 46.1 Å². The highest BCUT2D eigenvalue weighted by Gasteiger charge is 2.61. The number of primary amides is 1. The molecule has 2 fully saturated rings. The Morgan fingerprint density at radius 2 is 1.82 bits per heavy atom. The van der Waals surface area contributed by atoms with Gasteiger partial charge in [0.05, 0.1) is 13.2 Å². The maximum absolute atomic E-state index is 12.0. The Labute approximate surface area is 132 Å². The summed E-state index contributed by atoms with van der Waals surface area (Å²) < 4.78 is 10.2. The van der Waals surface area contributed by atoms with Crippen LogP contribution in [0.25, 0.3) is 0 Å². The molecule has 2 aliphatic carbocycles. The van der Waals surface area contributed by atoms with Crippen LogP contribution in [0.2, 0.25) is 0 Å². The van der Waals surface area contributed by atoms with Crippen LogP contribution >= 0.6 is 0 Å². The Balaban J connectivity index is 1.67. The van der Waals surface area contributed by atoms with Crippen LogP contribution in [0, 0.1) is 16.7 Å². The van der Waals surface area contributed by atoms with Crippen LogP contribution in [0.5, 0.6) is 0 Å². The van der Waals surface area contributed by atoms with E-state index in [0.717, 1.165) is 6.42 Å². The Morgan fingerprint density at radius 1 is 1.18 bits per heavy atom. The third-order valence-electron chi connectivity index (χ3n) is 5.98. The minimum absolute atomic E-state index is 0.0254. The van der Waals surface area contributed by atoms with Gasteiger partial charge in [-0.2, -0.15) is 0 Å². The summed E-state index contributed by atoms with van der Waals surface area (Å²) in [5.74, 6) is 0.111. The predicted octanol–water partition coefficient (Wildman–Crippen LogP) is 0.836. The Bertz CT molecular complexity index is 438.